The second kappa shape index (κ2) is 6.19. The van der Waals surface area contributed by atoms with E-state index in [4.69, 9.17) is 9.47 Å². The first-order valence-corrected chi connectivity index (χ1v) is 10.5. The maximum atomic E-state index is 5.56. The molecule has 2 fully saturated rings. The quantitative estimate of drug-likeness (QED) is 0.760. The third-order valence-corrected chi connectivity index (χ3v) is 9.18. The number of likely N-dealkylation sites (tertiary alicyclic amines) is 1. The van der Waals surface area contributed by atoms with Crippen LogP contribution in [0.2, 0.25) is 0 Å². The number of methoxy groups -OCH3 is 2. The lowest BCUT2D eigenvalue weighted by atomic mass is 9.69. The van der Waals surface area contributed by atoms with Gasteiger partial charge in [-0.05, 0) is 44.1 Å². The van der Waals surface area contributed by atoms with Gasteiger partial charge in [-0.2, -0.15) is 0 Å². The van der Waals surface area contributed by atoms with E-state index in [-0.39, 0.29) is 5.41 Å². The molecule has 24 heavy (non-hydrogen) atoms. The van der Waals surface area contributed by atoms with Gasteiger partial charge in [0.2, 0.25) is 0 Å². The van der Waals surface area contributed by atoms with Crippen LogP contribution >= 0.6 is 23.5 Å². The van der Waals surface area contributed by atoms with Crippen LogP contribution in [0.3, 0.4) is 0 Å². The van der Waals surface area contributed by atoms with E-state index in [0.717, 1.165) is 18.0 Å². The van der Waals surface area contributed by atoms with Gasteiger partial charge in [-0.25, -0.2) is 0 Å². The van der Waals surface area contributed by atoms with Crippen LogP contribution in [-0.4, -0.2) is 54.3 Å². The Morgan fingerprint density at radius 1 is 1.08 bits per heavy atom. The predicted molar refractivity (Wildman–Crippen MR) is 104 cm³/mol. The number of benzene rings is 1. The minimum Gasteiger partial charge on any atom is -0.493 e. The molecule has 1 aromatic rings. The van der Waals surface area contributed by atoms with Crippen molar-refractivity contribution >= 4 is 23.5 Å². The fourth-order valence-corrected chi connectivity index (χ4v) is 7.54. The number of nitrogens with zero attached hydrogens (tertiary/aromatic N) is 1. The van der Waals surface area contributed by atoms with Gasteiger partial charge in [-0.15, -0.1) is 23.5 Å². The Hall–Kier alpha value is -0.780. The average molecular weight is 364 g/mol. The van der Waals surface area contributed by atoms with Crippen LogP contribution in [-0.2, 0) is 5.41 Å². The van der Waals surface area contributed by atoms with Gasteiger partial charge in [0.25, 0.3) is 0 Å². The standard InChI is InChI=1S/C19H25NO2S2/c1-20-9-8-18(14-4-5-15(21-2)16(12-14)22-3)6-7-19(13-17(18)20)23-10-11-24-19/h4-7,12,17H,8-11,13H2,1-3H3/t17-,18?/m0/s1. The first-order valence-electron chi connectivity index (χ1n) is 8.53. The number of hydrogen-bond acceptors (Lipinski definition) is 5. The Bertz CT molecular complexity index is 657. The summed E-state index contributed by atoms with van der Waals surface area (Å²) in [6, 6.07) is 7.02. The lowest BCUT2D eigenvalue weighted by molar-refractivity contribution is 0.247. The molecule has 0 radical (unpaired) electrons. The van der Waals surface area contributed by atoms with Crippen LogP contribution in [0.4, 0.5) is 0 Å². The highest BCUT2D eigenvalue weighted by Crippen LogP contribution is 2.57. The monoisotopic (exact) mass is 363 g/mol. The van der Waals surface area contributed by atoms with Crippen molar-refractivity contribution in [3.05, 3.63) is 35.9 Å². The first-order chi connectivity index (χ1) is 11.6. The fraction of sp³-hybridized carbons (Fsp3) is 0.579. The number of rotatable bonds is 3. The largest absolute Gasteiger partial charge is 0.493 e. The van der Waals surface area contributed by atoms with Crippen LogP contribution in [0.25, 0.3) is 0 Å². The van der Waals surface area contributed by atoms with Crippen molar-refractivity contribution in [1.82, 2.24) is 4.90 Å². The molecule has 0 N–H and O–H groups in total. The van der Waals surface area contributed by atoms with Crippen LogP contribution in [0.5, 0.6) is 11.5 Å². The van der Waals surface area contributed by atoms with Crippen molar-refractivity contribution < 1.29 is 9.47 Å². The number of likely N-dealkylation sites (N-methyl/N-ethyl adjacent to an activating group) is 1. The maximum absolute atomic E-state index is 5.56. The number of ether oxygens (including phenoxy) is 2. The Morgan fingerprint density at radius 2 is 1.83 bits per heavy atom. The third-order valence-electron chi connectivity index (χ3n) is 5.81. The highest BCUT2D eigenvalue weighted by molar-refractivity contribution is 8.21. The number of hydrogen-bond donors (Lipinski definition) is 0. The molecule has 3 nitrogen and oxygen atoms in total. The van der Waals surface area contributed by atoms with Crippen molar-refractivity contribution in [2.45, 2.75) is 28.4 Å². The molecule has 2 saturated heterocycles. The molecule has 0 amide bonds. The maximum Gasteiger partial charge on any atom is 0.161 e. The third kappa shape index (κ3) is 2.47. The molecule has 2 heterocycles. The van der Waals surface area contributed by atoms with E-state index in [0.29, 0.717) is 10.1 Å². The molecule has 1 spiro atoms. The van der Waals surface area contributed by atoms with Crippen LogP contribution < -0.4 is 9.47 Å². The SMILES string of the molecule is COc1ccc(C23C=CC4(C[C@@H]2N(C)CC3)SCCS4)cc1OC. The highest BCUT2D eigenvalue weighted by Gasteiger charge is 2.52. The number of thioether (sulfide) groups is 2. The lowest BCUT2D eigenvalue weighted by Crippen LogP contribution is -2.46. The summed E-state index contributed by atoms with van der Waals surface area (Å²) in [5.41, 5.74) is 1.46. The molecule has 2 atom stereocenters. The summed E-state index contributed by atoms with van der Waals surface area (Å²) < 4.78 is 11.3. The minimum absolute atomic E-state index is 0.100. The highest BCUT2D eigenvalue weighted by atomic mass is 32.2. The molecular formula is C19H25NO2S2. The summed E-state index contributed by atoms with van der Waals surface area (Å²) in [5.74, 6) is 4.18. The first kappa shape index (κ1) is 16.7. The van der Waals surface area contributed by atoms with Crippen LogP contribution in [0, 0.1) is 0 Å². The van der Waals surface area contributed by atoms with E-state index >= 15 is 0 Å². The second-order valence-electron chi connectivity index (χ2n) is 6.90. The Balaban J connectivity index is 1.77. The van der Waals surface area contributed by atoms with E-state index < -0.39 is 0 Å². The zero-order valence-corrected chi connectivity index (χ0v) is 16.2. The van der Waals surface area contributed by atoms with E-state index in [1.807, 2.05) is 0 Å². The van der Waals surface area contributed by atoms with Crippen molar-refractivity contribution in [1.29, 1.82) is 0 Å². The summed E-state index contributed by atoms with van der Waals surface area (Å²) >= 11 is 4.26. The van der Waals surface area contributed by atoms with E-state index in [2.05, 4.69) is 65.8 Å². The summed E-state index contributed by atoms with van der Waals surface area (Å²) in [4.78, 5) is 2.56. The molecule has 4 rings (SSSR count). The van der Waals surface area contributed by atoms with E-state index in [1.54, 1.807) is 14.2 Å². The summed E-state index contributed by atoms with van der Waals surface area (Å²) in [7, 11) is 5.69. The molecule has 1 unspecified atom stereocenters. The summed E-state index contributed by atoms with van der Waals surface area (Å²) in [6.07, 6.45) is 7.41. The van der Waals surface area contributed by atoms with Crippen molar-refractivity contribution in [3.63, 3.8) is 0 Å². The van der Waals surface area contributed by atoms with Crippen molar-refractivity contribution in [2.75, 3.05) is 39.3 Å². The van der Waals surface area contributed by atoms with Gasteiger partial charge < -0.3 is 14.4 Å². The average Bonchev–Trinajstić information content (AvgIpc) is 3.21. The van der Waals surface area contributed by atoms with Gasteiger partial charge in [0, 0.05) is 23.0 Å². The van der Waals surface area contributed by atoms with Crippen LogP contribution in [0.1, 0.15) is 18.4 Å². The van der Waals surface area contributed by atoms with Crippen molar-refractivity contribution in [3.8, 4) is 11.5 Å². The molecule has 0 aromatic heterocycles. The van der Waals surface area contributed by atoms with Gasteiger partial charge in [0.15, 0.2) is 11.5 Å². The molecule has 0 saturated carbocycles. The second-order valence-corrected chi connectivity index (χ2v) is 10.0. The topological polar surface area (TPSA) is 21.7 Å². The Kier molecular flexibility index (Phi) is 4.30. The number of fused-ring (bicyclic) bond motifs is 1. The van der Waals surface area contributed by atoms with Gasteiger partial charge in [0.05, 0.1) is 18.3 Å². The zero-order chi connectivity index (χ0) is 16.8. The minimum atomic E-state index is 0.100. The molecule has 130 valence electrons. The van der Waals surface area contributed by atoms with Crippen LogP contribution in [0.15, 0.2) is 30.4 Å². The van der Waals surface area contributed by atoms with Gasteiger partial charge in [-0.1, -0.05) is 18.2 Å². The van der Waals surface area contributed by atoms with Gasteiger partial charge >= 0.3 is 0 Å². The molecule has 0 bridgehead atoms. The normalized spacial score (nSPS) is 31.4. The predicted octanol–water partition coefficient (Wildman–Crippen LogP) is 3.78. The Labute approximate surface area is 153 Å². The van der Waals surface area contributed by atoms with Gasteiger partial charge in [0.1, 0.15) is 0 Å². The molecule has 1 aliphatic carbocycles. The molecular weight excluding hydrogens is 338 g/mol. The molecule has 1 aromatic carbocycles. The molecule has 3 aliphatic rings. The van der Waals surface area contributed by atoms with E-state index in [9.17, 15) is 0 Å². The zero-order valence-electron chi connectivity index (χ0n) is 14.6. The van der Waals surface area contributed by atoms with Crippen molar-refractivity contribution in [2.24, 2.45) is 0 Å². The fourth-order valence-electron chi connectivity index (χ4n) is 4.47. The lowest BCUT2D eigenvalue weighted by Gasteiger charge is -2.44. The molecule has 5 heteroatoms. The summed E-state index contributed by atoms with van der Waals surface area (Å²) in [6.45, 7) is 1.15. The summed E-state index contributed by atoms with van der Waals surface area (Å²) in [5, 5.41) is 0. The van der Waals surface area contributed by atoms with E-state index in [1.165, 1.54) is 29.9 Å². The smallest absolute Gasteiger partial charge is 0.161 e. The Morgan fingerprint density at radius 3 is 2.54 bits per heavy atom. The van der Waals surface area contributed by atoms with Gasteiger partial charge in [-0.3, -0.25) is 0 Å². The molecule has 2 aliphatic heterocycles.